The molecule has 0 saturated carbocycles. The third-order valence-electron chi connectivity index (χ3n) is 2.50. The zero-order valence-electron chi connectivity index (χ0n) is 10.6. The van der Waals surface area contributed by atoms with E-state index in [0.29, 0.717) is 12.2 Å². The van der Waals surface area contributed by atoms with Crippen LogP contribution in [0.25, 0.3) is 0 Å². The van der Waals surface area contributed by atoms with Crippen molar-refractivity contribution in [1.29, 1.82) is 0 Å². The molecule has 1 atom stereocenters. The van der Waals surface area contributed by atoms with Crippen LogP contribution in [-0.2, 0) is 16.4 Å². The van der Waals surface area contributed by atoms with Gasteiger partial charge in [-0.2, -0.15) is 0 Å². The van der Waals surface area contributed by atoms with Crippen LogP contribution < -0.4 is 4.72 Å². The lowest BCUT2D eigenvalue weighted by atomic mass is 10.2. The molecule has 0 fully saturated rings. The van der Waals surface area contributed by atoms with Gasteiger partial charge < -0.3 is 9.52 Å². The van der Waals surface area contributed by atoms with Gasteiger partial charge in [0, 0.05) is 12.5 Å². The van der Waals surface area contributed by atoms with Crippen molar-refractivity contribution in [3.63, 3.8) is 0 Å². The highest BCUT2D eigenvalue weighted by molar-refractivity contribution is 7.91. The molecule has 0 aromatic carbocycles. The van der Waals surface area contributed by atoms with Crippen molar-refractivity contribution in [2.75, 3.05) is 0 Å². The fourth-order valence-electron chi connectivity index (χ4n) is 1.67. The van der Waals surface area contributed by atoms with Gasteiger partial charge in [-0.05, 0) is 31.2 Å². The van der Waals surface area contributed by atoms with Gasteiger partial charge in [0.05, 0.1) is 6.26 Å². The lowest BCUT2D eigenvalue weighted by molar-refractivity contribution is 0.0702. The van der Waals surface area contributed by atoms with E-state index < -0.39 is 16.0 Å². The molecule has 2 aromatic rings. The maximum absolute atomic E-state index is 12.1. The lowest BCUT2D eigenvalue weighted by Crippen LogP contribution is -2.33. The van der Waals surface area contributed by atoms with Gasteiger partial charge in [0.25, 0.3) is 0 Å². The highest BCUT2D eigenvalue weighted by atomic mass is 32.2. The standard InChI is InChI=1S/C12H13NO5S2/c1-8(7-9-3-2-6-18-9)13-20(16,17)11-5-4-10(19-11)12(14)15/h2-6,8,13H,7H2,1H3,(H,14,15). The molecular formula is C12H13NO5S2. The number of nitrogens with one attached hydrogen (secondary N) is 1. The summed E-state index contributed by atoms with van der Waals surface area (Å²) in [6.07, 6.45) is 1.94. The molecule has 0 aliphatic heterocycles. The Morgan fingerprint density at radius 2 is 2.20 bits per heavy atom. The Hall–Kier alpha value is -1.64. The van der Waals surface area contributed by atoms with Crippen LogP contribution in [0.2, 0.25) is 0 Å². The molecule has 20 heavy (non-hydrogen) atoms. The van der Waals surface area contributed by atoms with E-state index >= 15 is 0 Å². The first kappa shape index (κ1) is 14.8. The van der Waals surface area contributed by atoms with Crippen molar-refractivity contribution in [1.82, 2.24) is 4.72 Å². The Kier molecular flexibility index (Phi) is 4.26. The smallest absolute Gasteiger partial charge is 0.345 e. The first-order valence-corrected chi connectivity index (χ1v) is 8.06. The SMILES string of the molecule is CC(Cc1ccco1)NS(=O)(=O)c1ccc(C(=O)O)s1. The predicted octanol–water partition coefficient (Wildman–Crippen LogP) is 1.95. The van der Waals surface area contributed by atoms with E-state index in [2.05, 4.69) is 4.72 Å². The third-order valence-corrected chi connectivity index (χ3v) is 5.66. The molecule has 0 bridgehead atoms. The summed E-state index contributed by atoms with van der Waals surface area (Å²) in [4.78, 5) is 10.7. The second kappa shape index (κ2) is 5.78. The molecular weight excluding hydrogens is 302 g/mol. The van der Waals surface area contributed by atoms with Crippen molar-refractivity contribution in [3.8, 4) is 0 Å². The topological polar surface area (TPSA) is 96.6 Å². The quantitative estimate of drug-likeness (QED) is 0.849. The highest BCUT2D eigenvalue weighted by Gasteiger charge is 2.21. The first-order valence-electron chi connectivity index (χ1n) is 5.76. The van der Waals surface area contributed by atoms with Crippen LogP contribution in [-0.4, -0.2) is 25.5 Å². The summed E-state index contributed by atoms with van der Waals surface area (Å²) >= 11 is 0.724. The van der Waals surface area contributed by atoms with E-state index in [0.717, 1.165) is 11.3 Å². The number of furan rings is 1. The molecule has 0 aliphatic rings. The maximum Gasteiger partial charge on any atom is 0.345 e. The molecule has 0 spiro atoms. The minimum atomic E-state index is -3.71. The van der Waals surface area contributed by atoms with E-state index in [1.165, 1.54) is 18.4 Å². The summed E-state index contributed by atoms with van der Waals surface area (Å²) in [6.45, 7) is 1.71. The van der Waals surface area contributed by atoms with Crippen LogP contribution in [0, 0.1) is 0 Å². The average molecular weight is 315 g/mol. The van der Waals surface area contributed by atoms with Gasteiger partial charge in [-0.15, -0.1) is 11.3 Å². The van der Waals surface area contributed by atoms with Crippen molar-refractivity contribution in [2.24, 2.45) is 0 Å². The van der Waals surface area contributed by atoms with E-state index in [1.807, 2.05) is 0 Å². The van der Waals surface area contributed by atoms with E-state index in [4.69, 9.17) is 9.52 Å². The Morgan fingerprint density at radius 1 is 1.45 bits per heavy atom. The molecule has 2 heterocycles. The molecule has 8 heteroatoms. The van der Waals surface area contributed by atoms with Gasteiger partial charge in [-0.3, -0.25) is 0 Å². The molecule has 2 aromatic heterocycles. The molecule has 2 rings (SSSR count). The zero-order valence-corrected chi connectivity index (χ0v) is 12.2. The zero-order chi connectivity index (χ0) is 14.8. The van der Waals surface area contributed by atoms with Crippen LogP contribution in [0.15, 0.2) is 39.2 Å². The van der Waals surface area contributed by atoms with E-state index in [9.17, 15) is 13.2 Å². The number of rotatable bonds is 6. The van der Waals surface area contributed by atoms with Crippen molar-refractivity contribution >= 4 is 27.3 Å². The molecule has 0 saturated heterocycles. The monoisotopic (exact) mass is 315 g/mol. The van der Waals surface area contributed by atoms with Crippen LogP contribution in [0.5, 0.6) is 0 Å². The van der Waals surface area contributed by atoms with Gasteiger partial charge in [0.15, 0.2) is 0 Å². The number of hydrogen-bond acceptors (Lipinski definition) is 5. The van der Waals surface area contributed by atoms with Gasteiger partial charge in [-0.1, -0.05) is 0 Å². The second-order valence-corrected chi connectivity index (χ2v) is 7.25. The number of aromatic carboxylic acids is 1. The van der Waals surface area contributed by atoms with Crippen molar-refractivity contribution in [2.45, 2.75) is 23.6 Å². The number of carboxylic acids is 1. The molecule has 2 N–H and O–H groups in total. The fourth-order valence-corrected chi connectivity index (χ4v) is 4.08. The summed E-state index contributed by atoms with van der Waals surface area (Å²) in [5.74, 6) is -0.460. The molecule has 108 valence electrons. The largest absolute Gasteiger partial charge is 0.477 e. The summed E-state index contributed by atoms with van der Waals surface area (Å²) in [5.41, 5.74) is 0. The first-order chi connectivity index (χ1) is 9.38. The summed E-state index contributed by atoms with van der Waals surface area (Å²) in [6, 6.07) is 5.70. The van der Waals surface area contributed by atoms with E-state index in [-0.39, 0.29) is 15.1 Å². The predicted molar refractivity (Wildman–Crippen MR) is 73.5 cm³/mol. The summed E-state index contributed by atoms with van der Waals surface area (Å²) in [7, 11) is -3.71. The summed E-state index contributed by atoms with van der Waals surface area (Å²) in [5, 5.41) is 8.80. The average Bonchev–Trinajstić information content (AvgIpc) is 2.97. The Labute approximate surface area is 120 Å². The molecule has 0 aliphatic carbocycles. The second-order valence-electron chi connectivity index (χ2n) is 4.23. The highest BCUT2D eigenvalue weighted by Crippen LogP contribution is 2.22. The molecule has 0 radical (unpaired) electrons. The van der Waals surface area contributed by atoms with E-state index in [1.54, 1.807) is 19.1 Å². The normalized spacial score (nSPS) is 13.2. The Morgan fingerprint density at radius 3 is 2.75 bits per heavy atom. The van der Waals surface area contributed by atoms with Crippen molar-refractivity contribution < 1.29 is 22.7 Å². The third kappa shape index (κ3) is 3.47. The van der Waals surface area contributed by atoms with Crippen LogP contribution in [0.1, 0.15) is 22.4 Å². The number of sulfonamides is 1. The summed E-state index contributed by atoms with van der Waals surface area (Å²) < 4.78 is 31.8. The van der Waals surface area contributed by atoms with Gasteiger partial charge in [0.1, 0.15) is 14.8 Å². The Bertz CT molecular complexity index is 687. The van der Waals surface area contributed by atoms with Gasteiger partial charge in [0.2, 0.25) is 10.0 Å². The Balaban J connectivity index is 2.08. The number of carbonyl (C=O) groups is 1. The number of hydrogen-bond donors (Lipinski definition) is 2. The number of carboxylic acid groups (broad SMARTS) is 1. The van der Waals surface area contributed by atoms with Crippen molar-refractivity contribution in [3.05, 3.63) is 41.2 Å². The lowest BCUT2D eigenvalue weighted by Gasteiger charge is -2.11. The minimum absolute atomic E-state index is 0.0101. The number of thiophene rings is 1. The minimum Gasteiger partial charge on any atom is -0.477 e. The van der Waals surface area contributed by atoms with Gasteiger partial charge in [-0.25, -0.2) is 17.9 Å². The fraction of sp³-hybridized carbons (Fsp3) is 0.250. The molecule has 0 amide bonds. The van der Waals surface area contributed by atoms with Crippen LogP contribution in [0.4, 0.5) is 0 Å². The van der Waals surface area contributed by atoms with Crippen LogP contribution in [0.3, 0.4) is 0 Å². The molecule has 6 nitrogen and oxygen atoms in total. The van der Waals surface area contributed by atoms with Crippen LogP contribution >= 0.6 is 11.3 Å². The van der Waals surface area contributed by atoms with Gasteiger partial charge >= 0.3 is 5.97 Å². The molecule has 1 unspecified atom stereocenters. The maximum atomic E-state index is 12.1.